The summed E-state index contributed by atoms with van der Waals surface area (Å²) in [5.41, 5.74) is 14.0. The highest BCUT2D eigenvalue weighted by Crippen LogP contribution is 2.69. The monoisotopic (exact) mass is 619 g/mol. The van der Waals surface area contributed by atoms with E-state index in [1.807, 2.05) is 6.07 Å². The molecular formula is C46H37NO. The lowest BCUT2D eigenvalue weighted by Crippen LogP contribution is -2.55. The van der Waals surface area contributed by atoms with E-state index < -0.39 is 0 Å². The lowest BCUT2D eigenvalue weighted by atomic mass is 9.43. The third-order valence-electron chi connectivity index (χ3n) is 12.6. The Bertz CT molecular complexity index is 2350. The molecule has 0 amide bonds. The second-order valence-electron chi connectivity index (χ2n) is 14.9. The molecule has 0 N–H and O–H groups in total. The number of para-hydroxylation sites is 2. The fourth-order valence-electron chi connectivity index (χ4n) is 11.1. The summed E-state index contributed by atoms with van der Waals surface area (Å²) in [6.45, 7) is 0. The minimum Gasteiger partial charge on any atom is -0.456 e. The number of anilines is 3. The summed E-state index contributed by atoms with van der Waals surface area (Å²) in [5, 5.41) is 2.29. The van der Waals surface area contributed by atoms with Crippen molar-refractivity contribution in [2.24, 2.45) is 23.7 Å². The molecule has 6 aromatic carbocycles. The number of hydrogen-bond acceptors (Lipinski definition) is 2. The minimum atomic E-state index is 0.166. The van der Waals surface area contributed by atoms with Gasteiger partial charge in [0.25, 0.3) is 0 Å². The van der Waals surface area contributed by atoms with Crippen LogP contribution in [0.15, 0.2) is 144 Å². The van der Waals surface area contributed by atoms with Gasteiger partial charge in [-0.3, -0.25) is 0 Å². The number of benzene rings is 6. The highest BCUT2D eigenvalue weighted by Gasteiger charge is 2.61. The van der Waals surface area contributed by atoms with Crippen molar-refractivity contribution in [1.29, 1.82) is 0 Å². The molecule has 5 aliphatic carbocycles. The Balaban J connectivity index is 1.15. The molecule has 0 unspecified atom stereocenters. The number of rotatable bonds is 4. The molecule has 2 heteroatoms. The van der Waals surface area contributed by atoms with Gasteiger partial charge in [0.1, 0.15) is 11.2 Å². The zero-order valence-electron chi connectivity index (χ0n) is 27.0. The van der Waals surface area contributed by atoms with E-state index in [9.17, 15) is 0 Å². The first-order valence-electron chi connectivity index (χ1n) is 17.9. The fourth-order valence-corrected chi connectivity index (χ4v) is 11.1. The van der Waals surface area contributed by atoms with Crippen LogP contribution in [0.4, 0.5) is 17.1 Å². The molecule has 0 atom stereocenters. The molecular weight excluding hydrogens is 583 g/mol. The molecule has 1 aromatic heterocycles. The summed E-state index contributed by atoms with van der Waals surface area (Å²) >= 11 is 0. The molecule has 48 heavy (non-hydrogen) atoms. The SMILES string of the molecule is c1ccc(-c2ccccc2N(c2ccc3c(c2)-c2ccccc2C32C3CC4CC(C3)CC2C4)c2ccc3oc4ccccc4c3c2)cc1. The van der Waals surface area contributed by atoms with Gasteiger partial charge >= 0.3 is 0 Å². The van der Waals surface area contributed by atoms with E-state index in [1.54, 1.807) is 11.1 Å². The zero-order valence-corrected chi connectivity index (χ0v) is 27.0. The van der Waals surface area contributed by atoms with E-state index in [0.717, 1.165) is 51.3 Å². The van der Waals surface area contributed by atoms with Crippen molar-refractivity contribution in [2.75, 3.05) is 4.90 Å². The molecule has 2 nitrogen and oxygen atoms in total. The van der Waals surface area contributed by atoms with Crippen molar-refractivity contribution in [2.45, 2.75) is 37.5 Å². The Labute approximate surface area is 281 Å². The quantitative estimate of drug-likeness (QED) is 0.195. The molecule has 4 fully saturated rings. The first-order valence-corrected chi connectivity index (χ1v) is 17.9. The third-order valence-corrected chi connectivity index (χ3v) is 12.6. The predicted octanol–water partition coefficient (Wildman–Crippen LogP) is 12.4. The molecule has 1 spiro atoms. The lowest BCUT2D eigenvalue weighted by Gasteiger charge is -2.61. The van der Waals surface area contributed by atoms with E-state index in [2.05, 4.69) is 138 Å². The van der Waals surface area contributed by atoms with Crippen LogP contribution >= 0.6 is 0 Å². The summed E-state index contributed by atoms with van der Waals surface area (Å²) in [6, 6.07) is 51.7. The summed E-state index contributed by atoms with van der Waals surface area (Å²) in [5.74, 6) is 3.39. The van der Waals surface area contributed by atoms with Gasteiger partial charge in [0.2, 0.25) is 0 Å². The zero-order chi connectivity index (χ0) is 31.4. The number of furan rings is 1. The van der Waals surface area contributed by atoms with Gasteiger partial charge in [-0.1, -0.05) is 97.1 Å². The average Bonchev–Trinajstić information content (AvgIpc) is 3.64. The van der Waals surface area contributed by atoms with Gasteiger partial charge in [-0.25, -0.2) is 0 Å². The normalized spacial score (nSPS) is 24.8. The highest BCUT2D eigenvalue weighted by molar-refractivity contribution is 6.07. The Morgan fingerprint density at radius 3 is 1.94 bits per heavy atom. The van der Waals surface area contributed by atoms with Crippen molar-refractivity contribution in [3.63, 3.8) is 0 Å². The number of hydrogen-bond donors (Lipinski definition) is 0. The van der Waals surface area contributed by atoms with Crippen LogP contribution in [0.5, 0.6) is 0 Å². The number of fused-ring (bicyclic) bond motifs is 6. The summed E-state index contributed by atoms with van der Waals surface area (Å²) < 4.78 is 6.28. The van der Waals surface area contributed by atoms with Crippen molar-refractivity contribution in [3.8, 4) is 22.3 Å². The molecule has 232 valence electrons. The third kappa shape index (κ3) is 3.64. The largest absolute Gasteiger partial charge is 0.456 e. The first kappa shape index (κ1) is 26.9. The van der Waals surface area contributed by atoms with Gasteiger partial charge in [0, 0.05) is 33.1 Å². The number of nitrogens with zero attached hydrogens (tertiary/aromatic N) is 1. The van der Waals surface area contributed by atoms with Gasteiger partial charge in [-0.15, -0.1) is 0 Å². The van der Waals surface area contributed by atoms with Gasteiger partial charge in [0.15, 0.2) is 0 Å². The highest BCUT2D eigenvalue weighted by atomic mass is 16.3. The molecule has 4 bridgehead atoms. The van der Waals surface area contributed by atoms with Crippen LogP contribution in [0.1, 0.15) is 43.2 Å². The molecule has 4 saturated carbocycles. The van der Waals surface area contributed by atoms with Crippen molar-refractivity contribution in [3.05, 3.63) is 151 Å². The van der Waals surface area contributed by atoms with Crippen molar-refractivity contribution >= 4 is 39.0 Å². The van der Waals surface area contributed by atoms with E-state index >= 15 is 0 Å². The van der Waals surface area contributed by atoms with Crippen LogP contribution in [0.25, 0.3) is 44.2 Å². The van der Waals surface area contributed by atoms with E-state index in [-0.39, 0.29) is 5.41 Å². The first-order chi connectivity index (χ1) is 23.8. The maximum atomic E-state index is 6.28. The molecule has 0 radical (unpaired) electrons. The Morgan fingerprint density at radius 1 is 0.479 bits per heavy atom. The maximum absolute atomic E-state index is 6.28. The minimum absolute atomic E-state index is 0.166. The smallest absolute Gasteiger partial charge is 0.135 e. The van der Waals surface area contributed by atoms with Crippen LogP contribution in [0.2, 0.25) is 0 Å². The molecule has 0 saturated heterocycles. The van der Waals surface area contributed by atoms with E-state index in [4.69, 9.17) is 4.42 Å². The molecule has 1 heterocycles. The fraction of sp³-hybridized carbons (Fsp3) is 0.217. The lowest BCUT2D eigenvalue weighted by molar-refractivity contribution is -0.0399. The predicted molar refractivity (Wildman–Crippen MR) is 197 cm³/mol. The summed E-state index contributed by atoms with van der Waals surface area (Å²) in [6.07, 6.45) is 7.08. The summed E-state index contributed by atoms with van der Waals surface area (Å²) in [7, 11) is 0. The van der Waals surface area contributed by atoms with E-state index in [0.29, 0.717) is 0 Å². The average molecular weight is 620 g/mol. The van der Waals surface area contributed by atoms with Gasteiger partial charge in [-0.05, 0) is 126 Å². The second-order valence-corrected chi connectivity index (χ2v) is 14.9. The van der Waals surface area contributed by atoms with Crippen LogP contribution < -0.4 is 4.90 Å². The van der Waals surface area contributed by atoms with E-state index in [1.165, 1.54) is 65.7 Å². The Kier molecular flexibility index (Phi) is 5.59. The van der Waals surface area contributed by atoms with Crippen LogP contribution in [-0.4, -0.2) is 0 Å². The summed E-state index contributed by atoms with van der Waals surface area (Å²) in [4.78, 5) is 2.48. The molecule has 7 aromatic rings. The standard InChI is InChI=1S/C46H37NO/c1-2-10-31(11-3-1)36-12-5-8-16-43(36)47(35-19-21-45-40(28-35)38-14-6-9-17-44(38)48-45)34-18-20-42-39(27-34)37-13-4-7-15-41(37)46(42)32-23-29-22-30(25-32)26-33(46)24-29/h1-21,27-30,32-33H,22-26H2. The maximum Gasteiger partial charge on any atom is 0.135 e. The second kappa shape index (κ2) is 9.97. The topological polar surface area (TPSA) is 16.4 Å². The van der Waals surface area contributed by atoms with Gasteiger partial charge in [-0.2, -0.15) is 0 Å². The Hall–Kier alpha value is -5.08. The van der Waals surface area contributed by atoms with Crippen LogP contribution in [0.3, 0.4) is 0 Å². The van der Waals surface area contributed by atoms with Crippen LogP contribution in [-0.2, 0) is 5.41 Å². The Morgan fingerprint density at radius 2 is 1.10 bits per heavy atom. The van der Waals surface area contributed by atoms with Crippen molar-refractivity contribution in [1.82, 2.24) is 0 Å². The molecule has 5 aliphatic rings. The van der Waals surface area contributed by atoms with Crippen molar-refractivity contribution < 1.29 is 4.42 Å². The van der Waals surface area contributed by atoms with Gasteiger partial charge < -0.3 is 9.32 Å². The van der Waals surface area contributed by atoms with Crippen LogP contribution in [0, 0.1) is 23.7 Å². The molecule has 12 rings (SSSR count). The van der Waals surface area contributed by atoms with Gasteiger partial charge in [0.05, 0.1) is 5.69 Å². The molecule has 0 aliphatic heterocycles.